The third kappa shape index (κ3) is 2.61. The minimum absolute atomic E-state index is 0.290. The molecule has 0 spiro atoms. The number of benzene rings is 2. The first kappa shape index (κ1) is 13.6. The molecule has 4 heteroatoms. The first-order valence-electron chi connectivity index (χ1n) is 7.05. The van der Waals surface area contributed by atoms with E-state index in [2.05, 4.69) is 11.0 Å². The molecule has 0 saturated carbocycles. The molecular formula is C17H16FNO2. The van der Waals surface area contributed by atoms with Crippen molar-refractivity contribution in [1.82, 2.24) is 0 Å². The van der Waals surface area contributed by atoms with Crippen LogP contribution in [-0.4, -0.2) is 17.6 Å². The Hall–Kier alpha value is -2.36. The van der Waals surface area contributed by atoms with Gasteiger partial charge in [0, 0.05) is 17.9 Å². The van der Waals surface area contributed by atoms with Crippen LogP contribution in [0.15, 0.2) is 42.5 Å². The van der Waals surface area contributed by atoms with Crippen molar-refractivity contribution >= 4 is 17.3 Å². The summed E-state index contributed by atoms with van der Waals surface area (Å²) in [4.78, 5) is 13.0. The summed E-state index contributed by atoms with van der Waals surface area (Å²) >= 11 is 0. The first-order chi connectivity index (χ1) is 10.2. The minimum Gasteiger partial charge on any atom is -0.478 e. The highest BCUT2D eigenvalue weighted by Crippen LogP contribution is 2.33. The Morgan fingerprint density at radius 1 is 1.14 bits per heavy atom. The third-order valence-electron chi connectivity index (χ3n) is 3.85. The first-order valence-corrected chi connectivity index (χ1v) is 7.05. The van der Waals surface area contributed by atoms with Gasteiger partial charge in [-0.25, -0.2) is 9.18 Å². The zero-order valence-corrected chi connectivity index (χ0v) is 11.6. The summed E-state index contributed by atoms with van der Waals surface area (Å²) < 4.78 is 13.9. The fraction of sp³-hybridized carbons (Fsp3) is 0.235. The smallest absolute Gasteiger partial charge is 0.338 e. The number of carbonyl (C=O) groups is 1. The van der Waals surface area contributed by atoms with Crippen LogP contribution in [0.1, 0.15) is 28.8 Å². The Morgan fingerprint density at radius 3 is 2.71 bits per heavy atom. The molecule has 0 atom stereocenters. The van der Waals surface area contributed by atoms with Crippen molar-refractivity contribution in [1.29, 1.82) is 0 Å². The van der Waals surface area contributed by atoms with Gasteiger partial charge in [0.1, 0.15) is 5.82 Å². The van der Waals surface area contributed by atoms with E-state index in [4.69, 9.17) is 5.11 Å². The van der Waals surface area contributed by atoms with Gasteiger partial charge >= 0.3 is 5.97 Å². The molecule has 1 aliphatic heterocycles. The molecule has 0 saturated heterocycles. The van der Waals surface area contributed by atoms with E-state index >= 15 is 0 Å². The van der Waals surface area contributed by atoms with Gasteiger partial charge in [-0.3, -0.25) is 0 Å². The molecule has 2 aromatic carbocycles. The fourth-order valence-electron chi connectivity index (χ4n) is 2.80. The molecule has 1 heterocycles. The van der Waals surface area contributed by atoms with Gasteiger partial charge in [0.2, 0.25) is 0 Å². The van der Waals surface area contributed by atoms with Gasteiger partial charge in [-0.1, -0.05) is 18.2 Å². The SMILES string of the molecule is O=C(O)c1ccc(N2CCCCc3ccccc32)cc1F. The normalized spacial score (nSPS) is 14.4. The summed E-state index contributed by atoms with van der Waals surface area (Å²) in [5.74, 6) is -1.93. The van der Waals surface area contributed by atoms with E-state index in [0.717, 1.165) is 31.5 Å². The number of halogens is 1. The minimum atomic E-state index is -1.24. The molecule has 0 radical (unpaired) electrons. The van der Waals surface area contributed by atoms with Gasteiger partial charge < -0.3 is 10.0 Å². The molecule has 1 aliphatic rings. The van der Waals surface area contributed by atoms with Crippen molar-refractivity contribution in [3.8, 4) is 0 Å². The number of hydrogen-bond acceptors (Lipinski definition) is 2. The van der Waals surface area contributed by atoms with Crippen LogP contribution in [0.25, 0.3) is 0 Å². The second-order valence-electron chi connectivity index (χ2n) is 5.21. The van der Waals surface area contributed by atoms with Crippen LogP contribution in [0.3, 0.4) is 0 Å². The Balaban J connectivity index is 2.04. The van der Waals surface area contributed by atoms with Gasteiger partial charge in [0.15, 0.2) is 0 Å². The summed E-state index contributed by atoms with van der Waals surface area (Å²) in [7, 11) is 0. The largest absolute Gasteiger partial charge is 0.478 e. The highest BCUT2D eigenvalue weighted by molar-refractivity contribution is 5.88. The standard InChI is InChI=1S/C17H16FNO2/c18-15-11-13(8-9-14(15)17(20)21)19-10-4-3-6-12-5-1-2-7-16(12)19/h1-2,5,7-9,11H,3-4,6,10H2,(H,20,21). The average Bonchev–Trinajstić information content (AvgIpc) is 2.69. The van der Waals surface area contributed by atoms with E-state index in [1.54, 1.807) is 6.07 Å². The Bertz CT molecular complexity index is 684. The average molecular weight is 285 g/mol. The van der Waals surface area contributed by atoms with Crippen molar-refractivity contribution in [3.05, 3.63) is 59.4 Å². The van der Waals surface area contributed by atoms with Gasteiger partial charge in [0.25, 0.3) is 0 Å². The maximum absolute atomic E-state index is 13.9. The van der Waals surface area contributed by atoms with Crippen molar-refractivity contribution < 1.29 is 14.3 Å². The molecule has 21 heavy (non-hydrogen) atoms. The van der Waals surface area contributed by atoms with Gasteiger partial charge in [-0.05, 0) is 49.1 Å². The monoisotopic (exact) mass is 285 g/mol. The zero-order valence-electron chi connectivity index (χ0n) is 11.6. The molecule has 0 bridgehead atoms. The number of carboxylic acid groups (broad SMARTS) is 1. The molecule has 0 amide bonds. The number of nitrogens with zero attached hydrogens (tertiary/aromatic N) is 1. The highest BCUT2D eigenvalue weighted by atomic mass is 19.1. The lowest BCUT2D eigenvalue weighted by atomic mass is 10.1. The summed E-state index contributed by atoms with van der Waals surface area (Å²) in [6.45, 7) is 0.808. The van der Waals surface area contributed by atoms with E-state index in [1.807, 2.05) is 18.2 Å². The summed E-state index contributed by atoms with van der Waals surface area (Å²) in [6.07, 6.45) is 3.14. The molecular weight excluding hydrogens is 269 g/mol. The molecule has 108 valence electrons. The lowest BCUT2D eigenvalue weighted by molar-refractivity contribution is 0.0692. The summed E-state index contributed by atoms with van der Waals surface area (Å²) in [5.41, 5.74) is 2.74. The van der Waals surface area contributed by atoms with Crippen LogP contribution in [-0.2, 0) is 6.42 Å². The van der Waals surface area contributed by atoms with Crippen molar-refractivity contribution in [2.45, 2.75) is 19.3 Å². The Morgan fingerprint density at radius 2 is 1.95 bits per heavy atom. The quantitative estimate of drug-likeness (QED) is 0.906. The number of hydrogen-bond donors (Lipinski definition) is 1. The van der Waals surface area contributed by atoms with Crippen LogP contribution in [0.5, 0.6) is 0 Å². The number of para-hydroxylation sites is 1. The van der Waals surface area contributed by atoms with Crippen LogP contribution in [0.2, 0.25) is 0 Å². The summed E-state index contributed by atoms with van der Waals surface area (Å²) in [5, 5.41) is 8.92. The van der Waals surface area contributed by atoms with Gasteiger partial charge in [-0.15, -0.1) is 0 Å². The molecule has 0 aromatic heterocycles. The Kier molecular flexibility index (Phi) is 3.60. The van der Waals surface area contributed by atoms with Gasteiger partial charge in [-0.2, -0.15) is 0 Å². The fourth-order valence-corrected chi connectivity index (χ4v) is 2.80. The number of fused-ring (bicyclic) bond motifs is 1. The maximum Gasteiger partial charge on any atom is 0.338 e. The maximum atomic E-state index is 13.9. The lowest BCUT2D eigenvalue weighted by Crippen LogP contribution is -2.18. The van der Waals surface area contributed by atoms with E-state index in [9.17, 15) is 9.18 Å². The van der Waals surface area contributed by atoms with Crippen LogP contribution in [0, 0.1) is 5.82 Å². The van der Waals surface area contributed by atoms with Crippen molar-refractivity contribution in [2.24, 2.45) is 0 Å². The number of anilines is 2. The summed E-state index contributed by atoms with van der Waals surface area (Å²) in [6, 6.07) is 12.4. The molecule has 3 rings (SSSR count). The molecule has 0 aliphatic carbocycles. The molecule has 0 fully saturated rings. The lowest BCUT2D eigenvalue weighted by Gasteiger charge is -2.25. The van der Waals surface area contributed by atoms with E-state index < -0.39 is 11.8 Å². The number of rotatable bonds is 2. The van der Waals surface area contributed by atoms with Crippen LogP contribution in [0.4, 0.5) is 15.8 Å². The van der Waals surface area contributed by atoms with Crippen molar-refractivity contribution in [2.75, 3.05) is 11.4 Å². The third-order valence-corrected chi connectivity index (χ3v) is 3.85. The van der Waals surface area contributed by atoms with E-state index in [0.29, 0.717) is 5.69 Å². The van der Waals surface area contributed by atoms with E-state index in [-0.39, 0.29) is 5.56 Å². The molecule has 3 nitrogen and oxygen atoms in total. The Labute approximate surface area is 122 Å². The van der Waals surface area contributed by atoms with E-state index in [1.165, 1.54) is 17.7 Å². The number of aryl methyl sites for hydroxylation is 1. The number of aromatic carboxylic acids is 1. The number of carboxylic acids is 1. The van der Waals surface area contributed by atoms with Crippen LogP contribution < -0.4 is 4.90 Å². The zero-order chi connectivity index (χ0) is 14.8. The van der Waals surface area contributed by atoms with Crippen LogP contribution >= 0.6 is 0 Å². The van der Waals surface area contributed by atoms with Crippen molar-refractivity contribution in [3.63, 3.8) is 0 Å². The van der Waals surface area contributed by atoms with Gasteiger partial charge in [0.05, 0.1) is 5.56 Å². The molecule has 2 aromatic rings. The molecule has 1 N–H and O–H groups in total. The molecule has 0 unspecified atom stereocenters. The second-order valence-corrected chi connectivity index (χ2v) is 5.21. The predicted octanol–water partition coefficient (Wildman–Crippen LogP) is 4.00. The topological polar surface area (TPSA) is 40.5 Å². The second kappa shape index (κ2) is 5.56. The highest BCUT2D eigenvalue weighted by Gasteiger charge is 2.18. The predicted molar refractivity (Wildman–Crippen MR) is 79.7 cm³/mol.